The highest BCUT2D eigenvalue weighted by Crippen LogP contribution is 2.22. The maximum absolute atomic E-state index is 11.2. The van der Waals surface area contributed by atoms with E-state index in [9.17, 15) is 8.42 Å². The highest BCUT2D eigenvalue weighted by Gasteiger charge is 2.20. The molecule has 19 heavy (non-hydrogen) atoms. The Bertz CT molecular complexity index is 526. The minimum absolute atomic E-state index is 0.161. The molecule has 0 spiro atoms. The minimum atomic E-state index is -2.93. The van der Waals surface area contributed by atoms with Crippen molar-refractivity contribution in [1.82, 2.24) is 10.3 Å². The fourth-order valence-corrected chi connectivity index (χ4v) is 2.48. The average Bonchev–Trinajstić information content (AvgIpc) is 3.17. The van der Waals surface area contributed by atoms with Crippen molar-refractivity contribution in [2.24, 2.45) is 0 Å². The lowest BCUT2D eigenvalue weighted by Crippen LogP contribution is -2.27. The maximum atomic E-state index is 11.2. The van der Waals surface area contributed by atoms with Gasteiger partial charge in [0.05, 0.1) is 17.6 Å². The van der Waals surface area contributed by atoms with Crippen LogP contribution in [0.5, 0.6) is 0 Å². The van der Waals surface area contributed by atoms with Crippen LogP contribution >= 0.6 is 0 Å². The molecule has 1 aliphatic carbocycles. The Labute approximate surface area is 114 Å². The van der Waals surface area contributed by atoms with E-state index in [1.807, 2.05) is 18.0 Å². The number of aromatic nitrogens is 1. The van der Waals surface area contributed by atoms with Crippen LogP contribution in [0.25, 0.3) is 0 Å². The summed E-state index contributed by atoms with van der Waals surface area (Å²) in [5.41, 5.74) is 2.16. The molecule has 0 unspecified atom stereocenters. The predicted molar refractivity (Wildman–Crippen MR) is 77.1 cm³/mol. The Morgan fingerprint density at radius 2 is 2.21 bits per heavy atom. The molecule has 6 heteroatoms. The van der Waals surface area contributed by atoms with Crippen LogP contribution in [-0.4, -0.2) is 45.0 Å². The molecule has 0 amide bonds. The Hall–Kier alpha value is -1.14. The standard InChI is InChI=1S/C13H21N3O2S/c1-16(7-8-19(2,17)18)13-10-14-6-5-11(13)9-15-12-3-4-12/h5-6,10,12,15H,3-4,7-9H2,1-2H3. The minimum Gasteiger partial charge on any atom is -0.372 e. The molecular formula is C13H21N3O2S. The number of sulfone groups is 1. The van der Waals surface area contributed by atoms with Gasteiger partial charge in [0.15, 0.2) is 0 Å². The third kappa shape index (κ3) is 4.80. The van der Waals surface area contributed by atoms with Gasteiger partial charge in [0.25, 0.3) is 0 Å². The largest absolute Gasteiger partial charge is 0.372 e. The quantitative estimate of drug-likeness (QED) is 0.802. The first-order valence-corrected chi connectivity index (χ1v) is 8.57. The molecule has 0 atom stereocenters. The number of pyridine rings is 1. The summed E-state index contributed by atoms with van der Waals surface area (Å²) in [7, 11) is -1.03. The molecule has 1 fully saturated rings. The van der Waals surface area contributed by atoms with Crippen molar-refractivity contribution in [2.45, 2.75) is 25.4 Å². The number of hydrogen-bond acceptors (Lipinski definition) is 5. The summed E-state index contributed by atoms with van der Waals surface area (Å²) in [5, 5.41) is 3.47. The SMILES string of the molecule is CN(CCS(C)(=O)=O)c1cnccc1CNC1CC1. The first-order valence-electron chi connectivity index (χ1n) is 6.51. The Kier molecular flexibility index (Phi) is 4.42. The highest BCUT2D eigenvalue weighted by molar-refractivity contribution is 7.90. The second-order valence-electron chi connectivity index (χ2n) is 5.21. The Balaban J connectivity index is 2.00. The van der Waals surface area contributed by atoms with Crippen LogP contribution in [0.15, 0.2) is 18.5 Å². The number of nitrogens with one attached hydrogen (secondary N) is 1. The van der Waals surface area contributed by atoms with Crippen molar-refractivity contribution < 1.29 is 8.42 Å². The van der Waals surface area contributed by atoms with Crippen molar-refractivity contribution in [3.8, 4) is 0 Å². The fourth-order valence-electron chi connectivity index (χ4n) is 1.87. The van der Waals surface area contributed by atoms with E-state index < -0.39 is 9.84 Å². The van der Waals surface area contributed by atoms with E-state index >= 15 is 0 Å². The molecule has 1 aromatic heterocycles. The molecule has 0 radical (unpaired) electrons. The zero-order chi connectivity index (χ0) is 13.9. The summed E-state index contributed by atoms with van der Waals surface area (Å²) in [5.74, 6) is 0.161. The maximum Gasteiger partial charge on any atom is 0.149 e. The predicted octanol–water partition coefficient (Wildman–Crippen LogP) is 0.814. The Morgan fingerprint density at radius 1 is 1.47 bits per heavy atom. The summed E-state index contributed by atoms with van der Waals surface area (Å²) in [6.45, 7) is 1.30. The fraction of sp³-hybridized carbons (Fsp3) is 0.615. The van der Waals surface area contributed by atoms with E-state index in [1.54, 1.807) is 12.4 Å². The highest BCUT2D eigenvalue weighted by atomic mass is 32.2. The molecule has 0 aliphatic heterocycles. The molecule has 1 N–H and O–H groups in total. The van der Waals surface area contributed by atoms with Crippen LogP contribution in [0.4, 0.5) is 5.69 Å². The number of nitrogens with zero attached hydrogens (tertiary/aromatic N) is 2. The first kappa shape index (κ1) is 14.3. The van der Waals surface area contributed by atoms with Crippen LogP contribution < -0.4 is 10.2 Å². The van der Waals surface area contributed by atoms with Gasteiger partial charge in [-0.1, -0.05) is 0 Å². The van der Waals surface area contributed by atoms with Crippen LogP contribution in [0.3, 0.4) is 0 Å². The molecular weight excluding hydrogens is 262 g/mol. The summed E-state index contributed by atoms with van der Waals surface area (Å²) < 4.78 is 22.4. The molecule has 106 valence electrons. The van der Waals surface area contributed by atoms with E-state index in [4.69, 9.17) is 0 Å². The van der Waals surface area contributed by atoms with Crippen molar-refractivity contribution >= 4 is 15.5 Å². The molecule has 0 saturated heterocycles. The van der Waals surface area contributed by atoms with Gasteiger partial charge in [0.1, 0.15) is 9.84 Å². The van der Waals surface area contributed by atoms with E-state index in [2.05, 4.69) is 10.3 Å². The monoisotopic (exact) mass is 283 g/mol. The zero-order valence-corrected chi connectivity index (χ0v) is 12.3. The van der Waals surface area contributed by atoms with Gasteiger partial charge >= 0.3 is 0 Å². The van der Waals surface area contributed by atoms with E-state index in [-0.39, 0.29) is 5.75 Å². The lowest BCUT2D eigenvalue weighted by molar-refractivity contribution is 0.601. The van der Waals surface area contributed by atoms with Gasteiger partial charge in [-0.2, -0.15) is 0 Å². The lowest BCUT2D eigenvalue weighted by Gasteiger charge is -2.21. The van der Waals surface area contributed by atoms with Gasteiger partial charge in [-0.3, -0.25) is 4.98 Å². The lowest BCUT2D eigenvalue weighted by atomic mass is 10.2. The van der Waals surface area contributed by atoms with E-state index in [1.165, 1.54) is 19.1 Å². The topological polar surface area (TPSA) is 62.3 Å². The van der Waals surface area contributed by atoms with Gasteiger partial charge in [0.2, 0.25) is 0 Å². The third-order valence-electron chi connectivity index (χ3n) is 3.25. The molecule has 1 aliphatic rings. The van der Waals surface area contributed by atoms with Gasteiger partial charge in [-0.25, -0.2) is 8.42 Å². The second-order valence-corrected chi connectivity index (χ2v) is 7.47. The van der Waals surface area contributed by atoms with E-state index in [0.717, 1.165) is 17.8 Å². The number of rotatable bonds is 7. The van der Waals surface area contributed by atoms with E-state index in [0.29, 0.717) is 12.6 Å². The van der Waals surface area contributed by atoms with Gasteiger partial charge < -0.3 is 10.2 Å². The van der Waals surface area contributed by atoms with Crippen LogP contribution in [-0.2, 0) is 16.4 Å². The van der Waals surface area contributed by atoms with Crippen molar-refractivity contribution in [1.29, 1.82) is 0 Å². The van der Waals surface area contributed by atoms with Crippen LogP contribution in [0.1, 0.15) is 18.4 Å². The normalized spacial score (nSPS) is 15.5. The second kappa shape index (κ2) is 5.88. The molecule has 1 heterocycles. The van der Waals surface area contributed by atoms with Gasteiger partial charge in [-0.15, -0.1) is 0 Å². The van der Waals surface area contributed by atoms with Crippen LogP contribution in [0.2, 0.25) is 0 Å². The molecule has 1 aromatic rings. The smallest absolute Gasteiger partial charge is 0.149 e. The zero-order valence-electron chi connectivity index (χ0n) is 11.5. The van der Waals surface area contributed by atoms with Gasteiger partial charge in [-0.05, 0) is 24.5 Å². The first-order chi connectivity index (χ1) is 8.96. The molecule has 2 rings (SSSR count). The molecule has 1 saturated carbocycles. The molecule has 0 aromatic carbocycles. The third-order valence-corrected chi connectivity index (χ3v) is 4.18. The molecule has 5 nitrogen and oxygen atoms in total. The average molecular weight is 283 g/mol. The summed E-state index contributed by atoms with van der Waals surface area (Å²) in [6.07, 6.45) is 7.35. The van der Waals surface area contributed by atoms with Gasteiger partial charge in [0, 0.05) is 38.6 Å². The summed E-state index contributed by atoms with van der Waals surface area (Å²) >= 11 is 0. The number of anilines is 1. The van der Waals surface area contributed by atoms with Crippen molar-refractivity contribution in [2.75, 3.05) is 30.5 Å². The Morgan fingerprint density at radius 3 is 2.84 bits per heavy atom. The molecule has 0 bridgehead atoms. The van der Waals surface area contributed by atoms with Crippen LogP contribution in [0, 0.1) is 0 Å². The summed E-state index contributed by atoms with van der Waals surface area (Å²) in [6, 6.07) is 2.64. The summed E-state index contributed by atoms with van der Waals surface area (Å²) in [4.78, 5) is 6.09. The van der Waals surface area contributed by atoms with Crippen molar-refractivity contribution in [3.63, 3.8) is 0 Å². The number of hydrogen-bond donors (Lipinski definition) is 1. The van der Waals surface area contributed by atoms with Crippen molar-refractivity contribution in [3.05, 3.63) is 24.0 Å².